The number of fused-ring (bicyclic) bond motifs is 1. The average molecular weight is 757 g/mol. The number of benzene rings is 3. The molecule has 0 bridgehead atoms. The first-order valence-electron chi connectivity index (χ1n) is 16.3. The molecule has 6 rings (SSSR count). The van der Waals surface area contributed by atoms with Crippen molar-refractivity contribution in [3.63, 3.8) is 0 Å². The number of aliphatic hydroxyl groups is 6. The molecule has 11 N–H and O–H groups in total. The van der Waals surface area contributed by atoms with Gasteiger partial charge in [-0.25, -0.2) is 4.79 Å². The first-order chi connectivity index (χ1) is 25.7. The summed E-state index contributed by atoms with van der Waals surface area (Å²) in [4.78, 5) is 25.7. The second kappa shape index (κ2) is 15.6. The molecular weight excluding hydrogens is 720 g/mol. The smallest absolute Gasteiger partial charge is 0.330 e. The third-order valence-electron chi connectivity index (χ3n) is 9.08. The average Bonchev–Trinajstić information content (AvgIpc) is 3.14. The third-order valence-corrected chi connectivity index (χ3v) is 9.08. The van der Waals surface area contributed by atoms with Gasteiger partial charge in [0, 0.05) is 23.8 Å². The summed E-state index contributed by atoms with van der Waals surface area (Å²) in [6, 6.07) is 11.3. The van der Waals surface area contributed by atoms with Crippen LogP contribution in [0.15, 0.2) is 69.9 Å². The molecule has 0 aliphatic carbocycles. The molecule has 2 aliphatic heterocycles. The molecule has 54 heavy (non-hydrogen) atoms. The first-order valence-corrected chi connectivity index (χ1v) is 16.3. The Labute approximate surface area is 303 Å². The van der Waals surface area contributed by atoms with Crippen LogP contribution in [0.25, 0.3) is 28.4 Å². The molecule has 10 atom stereocenters. The van der Waals surface area contributed by atoms with Gasteiger partial charge in [-0.05, 0) is 42.0 Å². The van der Waals surface area contributed by atoms with Gasteiger partial charge in [-0.2, -0.15) is 0 Å². The Balaban J connectivity index is 1.28. The zero-order valence-electron chi connectivity index (χ0n) is 27.8. The predicted octanol–water partition coefficient (Wildman–Crippen LogP) is -0.409. The van der Waals surface area contributed by atoms with Gasteiger partial charge in [-0.3, -0.25) is 4.79 Å². The standard InChI is InChI=1S/C36H36O18/c37-12-23-28(44)32(48)35(54-36-33(49)31(47)29(45)24(53-36)13-50-25(43)8-3-14-1-5-16(38)6-2-14)34(52-23)27-20(42)11-22-26(30(27)46)19(41)10-21(51-22)15-4-7-17(39)18(40)9-15/h1-11,23-24,28-29,31-40,42,44-49H,12-13H2/b8-3+/t23-,24-,28-,29-,31+,32+,33-,34+,35-,36+/m1/s1. The van der Waals surface area contributed by atoms with Crippen molar-refractivity contribution < 1.29 is 84.3 Å². The lowest BCUT2D eigenvalue weighted by molar-refractivity contribution is -0.342. The Bertz CT molecular complexity index is 2080. The summed E-state index contributed by atoms with van der Waals surface area (Å²) in [6.45, 7) is -1.57. The maximum absolute atomic E-state index is 13.3. The number of rotatable bonds is 9. The summed E-state index contributed by atoms with van der Waals surface area (Å²) in [5, 5.41) is 115. The summed E-state index contributed by atoms with van der Waals surface area (Å²) in [5.41, 5.74) is -1.10. The van der Waals surface area contributed by atoms with E-state index in [0.29, 0.717) is 5.56 Å². The van der Waals surface area contributed by atoms with E-state index in [2.05, 4.69) is 0 Å². The molecule has 18 heteroatoms. The predicted molar refractivity (Wildman–Crippen MR) is 181 cm³/mol. The number of esters is 1. The lowest BCUT2D eigenvalue weighted by atomic mass is 9.89. The quantitative estimate of drug-likeness (QED) is 0.0588. The second-order valence-electron chi connectivity index (χ2n) is 12.6. The minimum atomic E-state index is -2.04. The Morgan fingerprint density at radius 1 is 0.759 bits per heavy atom. The van der Waals surface area contributed by atoms with Crippen LogP contribution in [-0.4, -0.2) is 130 Å². The number of aromatic hydroxyl groups is 5. The van der Waals surface area contributed by atoms with Crippen molar-refractivity contribution in [2.24, 2.45) is 0 Å². The fourth-order valence-corrected chi connectivity index (χ4v) is 6.16. The molecule has 0 radical (unpaired) electrons. The molecule has 2 fully saturated rings. The zero-order chi connectivity index (χ0) is 39.0. The van der Waals surface area contributed by atoms with E-state index in [1.54, 1.807) is 0 Å². The molecule has 2 saturated heterocycles. The van der Waals surface area contributed by atoms with E-state index in [4.69, 9.17) is 23.4 Å². The molecular formula is C36H36O18. The highest BCUT2D eigenvalue weighted by Crippen LogP contribution is 2.46. The number of phenols is 5. The summed E-state index contributed by atoms with van der Waals surface area (Å²) < 4.78 is 28.0. The number of phenolic OH excluding ortho intramolecular Hbond substituents is 5. The van der Waals surface area contributed by atoms with Gasteiger partial charge in [0.05, 0.1) is 12.2 Å². The number of hydrogen-bond donors (Lipinski definition) is 11. The fraction of sp³-hybridized carbons (Fsp3) is 0.333. The van der Waals surface area contributed by atoms with E-state index in [-0.39, 0.29) is 22.7 Å². The van der Waals surface area contributed by atoms with Gasteiger partial charge in [0.1, 0.15) is 95.5 Å². The van der Waals surface area contributed by atoms with Gasteiger partial charge >= 0.3 is 5.97 Å². The lowest BCUT2D eigenvalue weighted by Gasteiger charge is -2.46. The van der Waals surface area contributed by atoms with E-state index < -0.39 is 120 Å². The highest BCUT2D eigenvalue weighted by Gasteiger charge is 2.52. The van der Waals surface area contributed by atoms with E-state index in [1.807, 2.05) is 0 Å². The molecule has 0 spiro atoms. The van der Waals surface area contributed by atoms with Gasteiger partial charge in [-0.1, -0.05) is 12.1 Å². The van der Waals surface area contributed by atoms with Crippen molar-refractivity contribution in [3.8, 4) is 40.1 Å². The molecule has 0 amide bonds. The minimum absolute atomic E-state index is 0.0138. The molecule has 3 aromatic carbocycles. The minimum Gasteiger partial charge on any atom is -0.508 e. The number of carbonyl (C=O) groups excluding carboxylic acids is 1. The van der Waals surface area contributed by atoms with Crippen LogP contribution in [0.1, 0.15) is 17.2 Å². The van der Waals surface area contributed by atoms with Crippen LogP contribution in [0, 0.1) is 0 Å². The van der Waals surface area contributed by atoms with Gasteiger partial charge in [0.2, 0.25) is 0 Å². The number of aliphatic hydroxyl groups excluding tert-OH is 6. The maximum atomic E-state index is 13.3. The Hall–Kier alpha value is -5.28. The van der Waals surface area contributed by atoms with Crippen LogP contribution in [0.3, 0.4) is 0 Å². The molecule has 4 aromatic rings. The van der Waals surface area contributed by atoms with Gasteiger partial charge in [0.25, 0.3) is 0 Å². The molecule has 2 aliphatic rings. The zero-order valence-corrected chi connectivity index (χ0v) is 27.8. The van der Waals surface area contributed by atoms with Crippen LogP contribution < -0.4 is 5.43 Å². The van der Waals surface area contributed by atoms with Crippen molar-refractivity contribution in [3.05, 3.63) is 82.0 Å². The van der Waals surface area contributed by atoms with Crippen molar-refractivity contribution >= 4 is 23.0 Å². The van der Waals surface area contributed by atoms with Crippen LogP contribution in [0.5, 0.6) is 28.7 Å². The Morgan fingerprint density at radius 3 is 2.15 bits per heavy atom. The number of carbonyl (C=O) groups is 1. The second-order valence-corrected chi connectivity index (χ2v) is 12.6. The van der Waals surface area contributed by atoms with Crippen LogP contribution in [0.2, 0.25) is 0 Å². The Kier molecular flexibility index (Phi) is 11.1. The van der Waals surface area contributed by atoms with Gasteiger partial charge in [-0.15, -0.1) is 0 Å². The van der Waals surface area contributed by atoms with E-state index in [0.717, 1.165) is 30.3 Å². The lowest BCUT2D eigenvalue weighted by Crippen LogP contribution is -2.63. The van der Waals surface area contributed by atoms with Gasteiger partial charge in [0.15, 0.2) is 23.2 Å². The maximum Gasteiger partial charge on any atom is 0.330 e. The first kappa shape index (κ1) is 38.4. The molecule has 18 nitrogen and oxygen atoms in total. The summed E-state index contributed by atoms with van der Waals surface area (Å²) in [6.07, 6.45) is -16.1. The van der Waals surface area contributed by atoms with Crippen LogP contribution in [0.4, 0.5) is 0 Å². The fourth-order valence-electron chi connectivity index (χ4n) is 6.16. The van der Waals surface area contributed by atoms with Crippen molar-refractivity contribution in [2.75, 3.05) is 13.2 Å². The molecule has 0 unspecified atom stereocenters. The molecule has 1 aromatic heterocycles. The number of ether oxygens (including phenoxy) is 4. The highest BCUT2D eigenvalue weighted by molar-refractivity contribution is 5.88. The van der Waals surface area contributed by atoms with E-state index >= 15 is 0 Å². The summed E-state index contributed by atoms with van der Waals surface area (Å²) in [7, 11) is 0. The summed E-state index contributed by atoms with van der Waals surface area (Å²) in [5.74, 6) is -3.68. The molecule has 3 heterocycles. The SMILES string of the molecule is O=C(/C=C/c1ccc(O)cc1)OC[C@H]1O[C@@H](O[C@@H]2[C@@H](O)[C@H](O)[C@@H](CO)O[C@H]2c2c(O)cc3oc(-c4ccc(O)c(O)c4)cc(=O)c3c2O)[C@H](O)[C@@H](O)[C@@H]1O. The summed E-state index contributed by atoms with van der Waals surface area (Å²) >= 11 is 0. The van der Waals surface area contributed by atoms with Crippen molar-refractivity contribution in [1.82, 2.24) is 0 Å². The molecule has 0 saturated carbocycles. The van der Waals surface area contributed by atoms with E-state index in [1.165, 1.54) is 36.4 Å². The van der Waals surface area contributed by atoms with Crippen molar-refractivity contribution in [1.29, 1.82) is 0 Å². The Morgan fingerprint density at radius 2 is 1.46 bits per heavy atom. The van der Waals surface area contributed by atoms with Crippen LogP contribution in [-0.2, 0) is 23.7 Å². The number of hydrogen-bond acceptors (Lipinski definition) is 18. The topological polar surface area (TPSA) is 307 Å². The van der Waals surface area contributed by atoms with E-state index in [9.17, 15) is 65.8 Å². The molecule has 288 valence electrons. The third kappa shape index (κ3) is 7.55. The van der Waals surface area contributed by atoms with Crippen molar-refractivity contribution in [2.45, 2.75) is 61.2 Å². The van der Waals surface area contributed by atoms with Crippen LogP contribution >= 0.6 is 0 Å². The largest absolute Gasteiger partial charge is 0.508 e. The monoisotopic (exact) mass is 756 g/mol. The normalized spacial score (nSPS) is 28.7. The highest BCUT2D eigenvalue weighted by atomic mass is 16.7. The van der Waals surface area contributed by atoms with Gasteiger partial charge < -0.3 is 79.5 Å².